The van der Waals surface area contributed by atoms with Crippen LogP contribution in [0.2, 0.25) is 5.02 Å². The number of rotatable bonds is 6. The number of benzene rings is 1. The Kier molecular flexibility index (Phi) is 5.12. The van der Waals surface area contributed by atoms with Gasteiger partial charge in [0.1, 0.15) is 0 Å². The molecular formula is C14H16ClN3O2. The van der Waals surface area contributed by atoms with Gasteiger partial charge in [0.2, 0.25) is 17.7 Å². The highest BCUT2D eigenvalue weighted by Gasteiger charge is 2.11. The monoisotopic (exact) mass is 293 g/mol. The van der Waals surface area contributed by atoms with Crippen LogP contribution in [0.25, 0.3) is 11.5 Å². The van der Waals surface area contributed by atoms with Crippen molar-refractivity contribution in [3.63, 3.8) is 0 Å². The molecule has 0 aliphatic carbocycles. The number of nitrogens with one attached hydrogen (secondary N) is 1. The number of amides is 1. The normalized spacial score (nSPS) is 10.5. The molecule has 20 heavy (non-hydrogen) atoms. The average Bonchev–Trinajstić information content (AvgIpc) is 2.88. The van der Waals surface area contributed by atoms with Gasteiger partial charge in [0.15, 0.2) is 0 Å². The van der Waals surface area contributed by atoms with E-state index < -0.39 is 0 Å². The molecule has 1 aromatic carbocycles. The summed E-state index contributed by atoms with van der Waals surface area (Å²) in [4.78, 5) is 11.3. The Morgan fingerprint density at radius 2 is 2.15 bits per heavy atom. The third-order valence-corrected chi connectivity index (χ3v) is 3.04. The van der Waals surface area contributed by atoms with Gasteiger partial charge in [-0.15, -0.1) is 10.2 Å². The maximum absolute atomic E-state index is 11.3. The lowest BCUT2D eigenvalue weighted by Gasteiger charge is -2.01. The van der Waals surface area contributed by atoms with Gasteiger partial charge in [-0.05, 0) is 18.6 Å². The van der Waals surface area contributed by atoms with Crippen LogP contribution in [0.3, 0.4) is 0 Å². The van der Waals surface area contributed by atoms with Gasteiger partial charge in [-0.25, -0.2) is 0 Å². The van der Waals surface area contributed by atoms with Gasteiger partial charge in [0.05, 0.1) is 10.6 Å². The minimum absolute atomic E-state index is 0.0401. The summed E-state index contributed by atoms with van der Waals surface area (Å²) in [5.41, 5.74) is 0.711. The molecule has 2 rings (SSSR count). The van der Waals surface area contributed by atoms with Crippen LogP contribution in [0, 0.1) is 0 Å². The van der Waals surface area contributed by atoms with Crippen LogP contribution in [0.15, 0.2) is 28.7 Å². The van der Waals surface area contributed by atoms with Gasteiger partial charge in [0.25, 0.3) is 0 Å². The minimum Gasteiger partial charge on any atom is -0.421 e. The van der Waals surface area contributed by atoms with Crippen molar-refractivity contribution in [2.24, 2.45) is 0 Å². The molecule has 0 aliphatic heterocycles. The maximum atomic E-state index is 11.3. The second-order valence-corrected chi connectivity index (χ2v) is 4.74. The van der Waals surface area contributed by atoms with Gasteiger partial charge < -0.3 is 9.73 Å². The molecule has 5 nitrogen and oxygen atoms in total. The van der Waals surface area contributed by atoms with E-state index in [9.17, 15) is 4.79 Å². The average molecular weight is 294 g/mol. The highest BCUT2D eigenvalue weighted by molar-refractivity contribution is 6.33. The fourth-order valence-electron chi connectivity index (χ4n) is 1.72. The van der Waals surface area contributed by atoms with Crippen molar-refractivity contribution in [3.8, 4) is 11.5 Å². The molecule has 1 amide bonds. The summed E-state index contributed by atoms with van der Waals surface area (Å²) in [5.74, 6) is 0.917. The summed E-state index contributed by atoms with van der Waals surface area (Å²) in [5, 5.41) is 11.3. The first-order valence-electron chi connectivity index (χ1n) is 6.54. The number of hydrogen-bond acceptors (Lipinski definition) is 4. The Labute approximate surface area is 122 Å². The summed E-state index contributed by atoms with van der Waals surface area (Å²) >= 11 is 6.06. The number of nitrogens with zero attached hydrogens (tertiary/aromatic N) is 2. The highest BCUT2D eigenvalue weighted by atomic mass is 35.5. The molecule has 0 radical (unpaired) electrons. The molecule has 0 spiro atoms. The molecule has 6 heteroatoms. The Morgan fingerprint density at radius 1 is 1.35 bits per heavy atom. The van der Waals surface area contributed by atoms with Crippen molar-refractivity contribution in [2.75, 3.05) is 6.54 Å². The molecule has 1 heterocycles. The molecule has 2 aromatic rings. The second-order valence-electron chi connectivity index (χ2n) is 4.33. The molecule has 0 saturated carbocycles. The van der Waals surface area contributed by atoms with Crippen LogP contribution in [0.5, 0.6) is 0 Å². The second kappa shape index (κ2) is 7.05. The topological polar surface area (TPSA) is 68.0 Å². The summed E-state index contributed by atoms with van der Waals surface area (Å²) in [7, 11) is 0. The first-order chi connectivity index (χ1) is 9.70. The predicted octanol–water partition coefficient (Wildman–Crippen LogP) is 2.85. The van der Waals surface area contributed by atoms with Gasteiger partial charge >= 0.3 is 0 Å². The number of aromatic nitrogens is 2. The molecule has 1 N–H and O–H groups in total. The zero-order chi connectivity index (χ0) is 14.4. The first kappa shape index (κ1) is 14.5. The fraction of sp³-hybridized carbons (Fsp3) is 0.357. The van der Waals surface area contributed by atoms with Crippen LogP contribution in [-0.4, -0.2) is 22.6 Å². The van der Waals surface area contributed by atoms with Crippen molar-refractivity contribution in [3.05, 3.63) is 35.2 Å². The number of carbonyl (C=O) groups is 1. The van der Waals surface area contributed by atoms with Crippen LogP contribution in [0.1, 0.15) is 25.7 Å². The molecule has 0 fully saturated rings. The molecule has 0 atom stereocenters. The smallest absolute Gasteiger partial charge is 0.249 e. The molecular weight excluding hydrogens is 278 g/mol. The molecule has 0 unspecified atom stereocenters. The van der Waals surface area contributed by atoms with Crippen LogP contribution in [-0.2, 0) is 11.2 Å². The SMILES string of the molecule is CCCC(=O)NCCc1nnc(-c2ccccc2Cl)o1. The molecule has 0 bridgehead atoms. The Morgan fingerprint density at radius 3 is 2.90 bits per heavy atom. The van der Waals surface area contributed by atoms with Crippen LogP contribution in [0.4, 0.5) is 0 Å². The van der Waals surface area contributed by atoms with E-state index in [4.69, 9.17) is 16.0 Å². The quantitative estimate of drug-likeness (QED) is 0.889. The van der Waals surface area contributed by atoms with Gasteiger partial charge in [0, 0.05) is 19.4 Å². The summed E-state index contributed by atoms with van der Waals surface area (Å²) in [6.07, 6.45) is 1.88. The van der Waals surface area contributed by atoms with E-state index in [1.807, 2.05) is 25.1 Å². The summed E-state index contributed by atoms with van der Waals surface area (Å²) in [6, 6.07) is 7.29. The van der Waals surface area contributed by atoms with E-state index in [-0.39, 0.29) is 5.91 Å². The van der Waals surface area contributed by atoms with E-state index in [0.29, 0.717) is 41.8 Å². The summed E-state index contributed by atoms with van der Waals surface area (Å²) < 4.78 is 5.53. The van der Waals surface area contributed by atoms with Crippen molar-refractivity contribution >= 4 is 17.5 Å². The van der Waals surface area contributed by atoms with Gasteiger partial charge in [-0.3, -0.25) is 4.79 Å². The Hall–Kier alpha value is -1.88. The predicted molar refractivity (Wildman–Crippen MR) is 76.4 cm³/mol. The Bertz CT molecular complexity index is 583. The van der Waals surface area contributed by atoms with Gasteiger partial charge in [-0.2, -0.15) is 0 Å². The lowest BCUT2D eigenvalue weighted by atomic mass is 10.2. The fourth-order valence-corrected chi connectivity index (χ4v) is 1.94. The van der Waals surface area contributed by atoms with E-state index in [0.717, 1.165) is 6.42 Å². The van der Waals surface area contributed by atoms with E-state index >= 15 is 0 Å². The minimum atomic E-state index is 0.0401. The van der Waals surface area contributed by atoms with Crippen LogP contribution >= 0.6 is 11.6 Å². The third-order valence-electron chi connectivity index (χ3n) is 2.71. The maximum Gasteiger partial charge on any atom is 0.249 e. The molecule has 0 aliphatic rings. The zero-order valence-corrected chi connectivity index (χ0v) is 12.0. The number of hydrogen-bond donors (Lipinski definition) is 1. The first-order valence-corrected chi connectivity index (χ1v) is 6.92. The van der Waals surface area contributed by atoms with Crippen molar-refractivity contribution in [2.45, 2.75) is 26.2 Å². The standard InChI is InChI=1S/C14H16ClN3O2/c1-2-5-12(19)16-9-8-13-17-18-14(20-13)10-6-3-4-7-11(10)15/h3-4,6-7H,2,5,8-9H2,1H3,(H,16,19). The van der Waals surface area contributed by atoms with E-state index in [2.05, 4.69) is 15.5 Å². The van der Waals surface area contributed by atoms with Crippen LogP contribution < -0.4 is 5.32 Å². The lowest BCUT2D eigenvalue weighted by molar-refractivity contribution is -0.121. The molecule has 1 aromatic heterocycles. The van der Waals surface area contributed by atoms with E-state index in [1.54, 1.807) is 6.07 Å². The number of carbonyl (C=O) groups excluding carboxylic acids is 1. The lowest BCUT2D eigenvalue weighted by Crippen LogP contribution is -2.25. The van der Waals surface area contributed by atoms with Crippen molar-refractivity contribution in [1.82, 2.24) is 15.5 Å². The van der Waals surface area contributed by atoms with Gasteiger partial charge in [-0.1, -0.05) is 30.7 Å². The number of halogens is 1. The largest absolute Gasteiger partial charge is 0.421 e. The summed E-state index contributed by atoms with van der Waals surface area (Å²) in [6.45, 7) is 2.45. The van der Waals surface area contributed by atoms with Crippen molar-refractivity contribution < 1.29 is 9.21 Å². The van der Waals surface area contributed by atoms with E-state index in [1.165, 1.54) is 0 Å². The molecule has 0 saturated heterocycles. The highest BCUT2D eigenvalue weighted by Crippen LogP contribution is 2.26. The Balaban J connectivity index is 1.93. The van der Waals surface area contributed by atoms with Crippen molar-refractivity contribution in [1.29, 1.82) is 0 Å². The molecule has 106 valence electrons. The zero-order valence-electron chi connectivity index (χ0n) is 11.2. The third kappa shape index (κ3) is 3.81.